The molecule has 90 valence electrons. The number of sulfonamides is 1. The molecule has 1 rings (SSSR count). The van der Waals surface area contributed by atoms with E-state index in [-0.39, 0.29) is 17.4 Å². The Morgan fingerprint density at radius 3 is 2.75 bits per heavy atom. The Morgan fingerprint density at radius 2 is 2.12 bits per heavy atom. The van der Waals surface area contributed by atoms with Gasteiger partial charge in [0.1, 0.15) is 12.0 Å². The standard InChI is InChI=1S/C7H12ClN5O2S/c1-16(14,15)13-3-2-10-7-5(9)6(8)11-4-12-7/h4,13H,2-3,9H2,1H3,(H,10,11,12). The molecule has 1 heterocycles. The van der Waals surface area contributed by atoms with Crippen LogP contribution in [-0.4, -0.2) is 37.7 Å². The molecule has 0 aliphatic rings. The summed E-state index contributed by atoms with van der Waals surface area (Å²) in [6.07, 6.45) is 2.36. The molecule has 0 spiro atoms. The van der Waals surface area contributed by atoms with Crippen molar-refractivity contribution in [2.24, 2.45) is 0 Å². The minimum Gasteiger partial charge on any atom is -0.393 e. The molecule has 0 saturated heterocycles. The van der Waals surface area contributed by atoms with Crippen molar-refractivity contribution in [3.8, 4) is 0 Å². The second-order valence-corrected chi connectivity index (χ2v) is 5.21. The fraction of sp³-hybridized carbons (Fsp3) is 0.429. The molecule has 0 atom stereocenters. The summed E-state index contributed by atoms with van der Waals surface area (Å²) in [5, 5.41) is 3.00. The Morgan fingerprint density at radius 1 is 1.44 bits per heavy atom. The van der Waals surface area contributed by atoms with Crippen molar-refractivity contribution in [3.63, 3.8) is 0 Å². The third-order valence-corrected chi connectivity index (χ3v) is 2.65. The second-order valence-electron chi connectivity index (χ2n) is 3.02. The lowest BCUT2D eigenvalue weighted by molar-refractivity contribution is 0.589. The number of nitrogen functional groups attached to an aromatic ring is 1. The minimum atomic E-state index is -3.18. The lowest BCUT2D eigenvalue weighted by Crippen LogP contribution is -2.28. The number of halogens is 1. The number of hydrogen-bond donors (Lipinski definition) is 3. The second kappa shape index (κ2) is 5.28. The molecule has 0 radical (unpaired) electrons. The summed E-state index contributed by atoms with van der Waals surface area (Å²) in [4.78, 5) is 7.55. The van der Waals surface area contributed by atoms with Gasteiger partial charge in [0.05, 0.1) is 6.26 Å². The smallest absolute Gasteiger partial charge is 0.208 e. The van der Waals surface area contributed by atoms with Crippen molar-refractivity contribution in [3.05, 3.63) is 11.5 Å². The maximum absolute atomic E-state index is 10.8. The molecule has 0 aliphatic carbocycles. The Balaban J connectivity index is 2.47. The first-order valence-electron chi connectivity index (χ1n) is 4.34. The van der Waals surface area contributed by atoms with Gasteiger partial charge in [-0.05, 0) is 0 Å². The zero-order valence-electron chi connectivity index (χ0n) is 8.57. The van der Waals surface area contributed by atoms with Gasteiger partial charge in [-0.15, -0.1) is 0 Å². The Labute approximate surface area is 98.5 Å². The minimum absolute atomic E-state index is 0.161. The lowest BCUT2D eigenvalue weighted by atomic mass is 10.4. The van der Waals surface area contributed by atoms with Gasteiger partial charge in [-0.2, -0.15) is 0 Å². The van der Waals surface area contributed by atoms with Crippen molar-refractivity contribution >= 4 is 33.1 Å². The van der Waals surface area contributed by atoms with Crippen LogP contribution in [0.3, 0.4) is 0 Å². The quantitative estimate of drug-likeness (QED) is 0.497. The van der Waals surface area contributed by atoms with Crippen molar-refractivity contribution in [2.45, 2.75) is 0 Å². The van der Waals surface area contributed by atoms with Crippen molar-refractivity contribution in [2.75, 3.05) is 30.4 Å². The highest BCUT2D eigenvalue weighted by atomic mass is 35.5. The number of aromatic nitrogens is 2. The average Bonchev–Trinajstić information content (AvgIpc) is 2.17. The van der Waals surface area contributed by atoms with Crippen LogP contribution < -0.4 is 15.8 Å². The summed E-state index contributed by atoms with van der Waals surface area (Å²) in [6, 6.07) is 0. The number of nitrogens with one attached hydrogen (secondary N) is 2. The van der Waals surface area contributed by atoms with E-state index in [4.69, 9.17) is 17.3 Å². The van der Waals surface area contributed by atoms with E-state index in [0.29, 0.717) is 12.4 Å². The molecule has 4 N–H and O–H groups in total. The van der Waals surface area contributed by atoms with Crippen molar-refractivity contribution in [1.82, 2.24) is 14.7 Å². The molecule has 9 heteroatoms. The molecule has 1 aromatic rings. The van der Waals surface area contributed by atoms with Crippen LogP contribution in [0.2, 0.25) is 5.15 Å². The van der Waals surface area contributed by atoms with Crippen molar-refractivity contribution in [1.29, 1.82) is 0 Å². The molecule has 16 heavy (non-hydrogen) atoms. The van der Waals surface area contributed by atoms with Crippen LogP contribution in [-0.2, 0) is 10.0 Å². The van der Waals surface area contributed by atoms with E-state index in [0.717, 1.165) is 6.26 Å². The molecule has 0 amide bonds. The third-order valence-electron chi connectivity index (χ3n) is 1.62. The number of nitrogens with zero attached hydrogens (tertiary/aromatic N) is 2. The highest BCUT2D eigenvalue weighted by Crippen LogP contribution is 2.21. The highest BCUT2D eigenvalue weighted by molar-refractivity contribution is 7.88. The van der Waals surface area contributed by atoms with E-state index in [9.17, 15) is 8.42 Å². The summed E-state index contributed by atoms with van der Waals surface area (Å²) in [7, 11) is -3.18. The van der Waals surface area contributed by atoms with Gasteiger partial charge in [0.15, 0.2) is 11.0 Å². The van der Waals surface area contributed by atoms with Gasteiger partial charge in [-0.25, -0.2) is 23.1 Å². The Hall–Kier alpha value is -1.12. The Bertz CT molecular complexity index is 464. The van der Waals surface area contributed by atoms with E-state index in [2.05, 4.69) is 20.0 Å². The summed E-state index contributed by atoms with van der Waals surface area (Å²) >= 11 is 5.67. The van der Waals surface area contributed by atoms with E-state index >= 15 is 0 Å². The van der Waals surface area contributed by atoms with Crippen LogP contribution in [0.15, 0.2) is 6.33 Å². The number of rotatable bonds is 5. The molecular weight excluding hydrogens is 254 g/mol. The van der Waals surface area contributed by atoms with Gasteiger partial charge in [0.25, 0.3) is 0 Å². The molecule has 0 fully saturated rings. The fourth-order valence-electron chi connectivity index (χ4n) is 0.932. The van der Waals surface area contributed by atoms with E-state index < -0.39 is 10.0 Å². The number of anilines is 2. The topological polar surface area (TPSA) is 110 Å². The molecule has 0 aliphatic heterocycles. The molecule has 0 saturated carbocycles. The first-order valence-corrected chi connectivity index (χ1v) is 6.61. The molecule has 7 nitrogen and oxygen atoms in total. The monoisotopic (exact) mass is 265 g/mol. The van der Waals surface area contributed by atoms with Gasteiger partial charge in [0.2, 0.25) is 10.0 Å². The van der Waals surface area contributed by atoms with Gasteiger partial charge in [-0.3, -0.25) is 0 Å². The molecule has 0 unspecified atom stereocenters. The van der Waals surface area contributed by atoms with Crippen LogP contribution >= 0.6 is 11.6 Å². The average molecular weight is 266 g/mol. The van der Waals surface area contributed by atoms with Gasteiger partial charge in [0, 0.05) is 13.1 Å². The van der Waals surface area contributed by atoms with Crippen molar-refractivity contribution < 1.29 is 8.42 Å². The lowest BCUT2D eigenvalue weighted by Gasteiger charge is -2.08. The van der Waals surface area contributed by atoms with E-state index in [1.807, 2.05) is 0 Å². The zero-order valence-corrected chi connectivity index (χ0v) is 10.1. The SMILES string of the molecule is CS(=O)(=O)NCCNc1ncnc(Cl)c1N. The third kappa shape index (κ3) is 4.17. The zero-order chi connectivity index (χ0) is 12.2. The largest absolute Gasteiger partial charge is 0.393 e. The van der Waals surface area contributed by atoms with E-state index in [1.165, 1.54) is 6.33 Å². The summed E-state index contributed by atoms with van der Waals surface area (Å²) < 4.78 is 23.8. The number of hydrogen-bond acceptors (Lipinski definition) is 6. The number of nitrogens with two attached hydrogens (primary N) is 1. The van der Waals surface area contributed by atoms with E-state index in [1.54, 1.807) is 0 Å². The van der Waals surface area contributed by atoms with Crippen LogP contribution in [0.25, 0.3) is 0 Å². The molecular formula is C7H12ClN5O2S. The van der Waals surface area contributed by atoms with Crippen LogP contribution in [0.1, 0.15) is 0 Å². The normalized spacial score (nSPS) is 11.4. The Kier molecular flexibility index (Phi) is 4.27. The van der Waals surface area contributed by atoms with Crippen LogP contribution in [0, 0.1) is 0 Å². The maximum atomic E-state index is 10.8. The summed E-state index contributed by atoms with van der Waals surface area (Å²) in [5.41, 5.74) is 5.83. The fourth-order valence-corrected chi connectivity index (χ4v) is 1.54. The van der Waals surface area contributed by atoms with Gasteiger partial charge < -0.3 is 11.1 Å². The summed E-state index contributed by atoms with van der Waals surface area (Å²) in [5.74, 6) is 0.385. The summed E-state index contributed by atoms with van der Waals surface area (Å²) in [6.45, 7) is 0.588. The van der Waals surface area contributed by atoms with Gasteiger partial charge >= 0.3 is 0 Å². The first kappa shape index (κ1) is 12.9. The van der Waals surface area contributed by atoms with Gasteiger partial charge in [-0.1, -0.05) is 11.6 Å². The van der Waals surface area contributed by atoms with Crippen LogP contribution in [0.4, 0.5) is 11.5 Å². The molecule has 0 aromatic carbocycles. The highest BCUT2D eigenvalue weighted by Gasteiger charge is 2.05. The van der Waals surface area contributed by atoms with Crippen LogP contribution in [0.5, 0.6) is 0 Å². The predicted molar refractivity (Wildman–Crippen MR) is 62.8 cm³/mol. The first-order chi connectivity index (χ1) is 7.40. The molecule has 0 bridgehead atoms. The predicted octanol–water partition coefficient (Wildman–Crippen LogP) is -0.327. The molecule has 1 aromatic heterocycles. The maximum Gasteiger partial charge on any atom is 0.208 e.